The van der Waals surface area contributed by atoms with Gasteiger partial charge < -0.3 is 20.4 Å². The minimum absolute atomic E-state index is 0.0684. The molecule has 0 aliphatic carbocycles. The summed E-state index contributed by atoms with van der Waals surface area (Å²) in [7, 11) is 0. The van der Waals surface area contributed by atoms with Crippen LogP contribution in [0.5, 0.6) is 11.5 Å². The molecule has 1 amide bonds. The molecule has 2 heterocycles. The van der Waals surface area contributed by atoms with Crippen molar-refractivity contribution in [2.45, 2.75) is 6.54 Å². The van der Waals surface area contributed by atoms with Crippen molar-refractivity contribution in [1.29, 1.82) is 0 Å². The summed E-state index contributed by atoms with van der Waals surface area (Å²) in [6.45, 7) is 0.701. The van der Waals surface area contributed by atoms with E-state index >= 15 is 0 Å². The summed E-state index contributed by atoms with van der Waals surface area (Å²) >= 11 is 0. The Hall–Kier alpha value is -3.71. The van der Waals surface area contributed by atoms with Gasteiger partial charge in [-0.3, -0.25) is 4.79 Å². The van der Waals surface area contributed by atoms with Gasteiger partial charge >= 0.3 is 0 Å². The Kier molecular flexibility index (Phi) is 5.49. The second kappa shape index (κ2) is 8.53. The van der Waals surface area contributed by atoms with Crippen LogP contribution in [0.15, 0.2) is 73.1 Å². The number of nitrogens with one attached hydrogen (secondary N) is 3. The molecule has 0 aliphatic heterocycles. The summed E-state index contributed by atoms with van der Waals surface area (Å²) in [6.07, 6.45) is 3.33. The number of pyridine rings is 1. The molecule has 4 rings (SSSR count). The number of carbonyl (C=O) groups excluding carboxylic acids is 1. The van der Waals surface area contributed by atoms with E-state index in [9.17, 15) is 9.18 Å². The highest BCUT2D eigenvalue weighted by molar-refractivity contribution is 5.92. The first-order valence-corrected chi connectivity index (χ1v) is 9.13. The van der Waals surface area contributed by atoms with Crippen LogP contribution in [-0.2, 0) is 11.3 Å². The summed E-state index contributed by atoms with van der Waals surface area (Å²) < 4.78 is 20.2. The molecule has 0 aliphatic rings. The van der Waals surface area contributed by atoms with Crippen LogP contribution in [0.1, 0.15) is 5.56 Å². The first kappa shape index (κ1) is 18.6. The van der Waals surface area contributed by atoms with E-state index in [0.717, 1.165) is 10.9 Å². The number of H-pyrrole nitrogens is 1. The van der Waals surface area contributed by atoms with Gasteiger partial charge in [-0.05, 0) is 29.8 Å². The molecule has 4 aromatic rings. The monoisotopic (exact) mass is 390 g/mol. The number of rotatable bonds is 7. The van der Waals surface area contributed by atoms with Crippen LogP contribution in [0.3, 0.4) is 0 Å². The Bertz CT molecular complexity index is 1130. The number of halogens is 1. The van der Waals surface area contributed by atoms with Crippen molar-refractivity contribution in [3.63, 3.8) is 0 Å². The van der Waals surface area contributed by atoms with Crippen molar-refractivity contribution in [1.82, 2.24) is 15.3 Å². The third kappa shape index (κ3) is 4.59. The number of carbonyl (C=O) groups is 1. The number of nitrogens with zero attached hydrogens (tertiary/aromatic N) is 1. The highest BCUT2D eigenvalue weighted by atomic mass is 19.1. The van der Waals surface area contributed by atoms with Crippen LogP contribution in [-0.4, -0.2) is 22.4 Å². The number of hydrogen-bond donors (Lipinski definition) is 3. The minimum atomic E-state index is -0.569. The van der Waals surface area contributed by atoms with Crippen LogP contribution >= 0.6 is 0 Å². The fourth-order valence-corrected chi connectivity index (χ4v) is 2.93. The first-order valence-electron chi connectivity index (χ1n) is 9.13. The molecule has 0 spiro atoms. The standard InChI is InChI=1S/C22H19FN4O2/c23-18-12-16(27-21(28)14-24-13-15-4-2-1-3-5-15)6-7-20(18)29-19-9-11-26-22-17(19)8-10-25-22/h1-12,24H,13-14H2,(H,25,26)(H,27,28). The van der Waals surface area contributed by atoms with Gasteiger partial charge in [0.2, 0.25) is 5.91 Å². The molecule has 0 saturated carbocycles. The van der Waals surface area contributed by atoms with Gasteiger partial charge in [-0.15, -0.1) is 0 Å². The highest BCUT2D eigenvalue weighted by Gasteiger charge is 2.11. The molecule has 2 aromatic heterocycles. The van der Waals surface area contributed by atoms with Gasteiger partial charge in [0.1, 0.15) is 11.4 Å². The quantitative estimate of drug-likeness (QED) is 0.441. The average Bonchev–Trinajstić information content (AvgIpc) is 3.21. The topological polar surface area (TPSA) is 79.0 Å². The molecule has 6 nitrogen and oxygen atoms in total. The van der Waals surface area contributed by atoms with Crippen molar-refractivity contribution >= 4 is 22.6 Å². The maximum absolute atomic E-state index is 14.5. The van der Waals surface area contributed by atoms with Crippen molar-refractivity contribution in [2.24, 2.45) is 0 Å². The number of aromatic amines is 1. The van der Waals surface area contributed by atoms with Gasteiger partial charge in [0, 0.05) is 30.7 Å². The zero-order chi connectivity index (χ0) is 20.1. The fourth-order valence-electron chi connectivity index (χ4n) is 2.93. The van der Waals surface area contributed by atoms with Crippen LogP contribution in [0.4, 0.5) is 10.1 Å². The maximum Gasteiger partial charge on any atom is 0.238 e. The van der Waals surface area contributed by atoms with E-state index in [1.54, 1.807) is 24.5 Å². The number of fused-ring (bicyclic) bond motifs is 1. The van der Waals surface area contributed by atoms with Gasteiger partial charge in [-0.25, -0.2) is 9.37 Å². The average molecular weight is 390 g/mol. The molecule has 0 unspecified atom stereocenters. The molecule has 7 heteroatoms. The van der Waals surface area contributed by atoms with E-state index in [2.05, 4.69) is 20.6 Å². The van der Waals surface area contributed by atoms with Crippen molar-refractivity contribution < 1.29 is 13.9 Å². The van der Waals surface area contributed by atoms with E-state index in [1.807, 2.05) is 36.4 Å². The zero-order valence-electron chi connectivity index (χ0n) is 15.5. The molecule has 3 N–H and O–H groups in total. The molecule has 0 fully saturated rings. The van der Waals surface area contributed by atoms with Crippen molar-refractivity contribution in [2.75, 3.05) is 11.9 Å². The summed E-state index contributed by atoms with van der Waals surface area (Å²) in [6, 6.07) is 17.6. The summed E-state index contributed by atoms with van der Waals surface area (Å²) in [5.74, 6) is -0.256. The Morgan fingerprint density at radius 2 is 1.93 bits per heavy atom. The van der Waals surface area contributed by atoms with Gasteiger partial charge in [0.15, 0.2) is 11.6 Å². The zero-order valence-corrected chi connectivity index (χ0v) is 15.5. The SMILES string of the molecule is O=C(CNCc1ccccc1)Nc1ccc(Oc2ccnc3[nH]ccc23)c(F)c1. The largest absolute Gasteiger partial charge is 0.453 e. The lowest BCUT2D eigenvalue weighted by atomic mass is 10.2. The molecule has 0 bridgehead atoms. The molecular weight excluding hydrogens is 371 g/mol. The van der Waals surface area contributed by atoms with E-state index in [0.29, 0.717) is 23.6 Å². The highest BCUT2D eigenvalue weighted by Crippen LogP contribution is 2.30. The number of aromatic nitrogens is 2. The number of anilines is 1. The van der Waals surface area contributed by atoms with E-state index in [1.165, 1.54) is 12.1 Å². The third-order valence-corrected chi connectivity index (χ3v) is 4.31. The lowest BCUT2D eigenvalue weighted by Crippen LogP contribution is -2.27. The van der Waals surface area contributed by atoms with Crippen molar-refractivity contribution in [3.05, 3.63) is 84.4 Å². The maximum atomic E-state index is 14.5. The summed E-state index contributed by atoms with van der Waals surface area (Å²) in [5.41, 5.74) is 2.11. The van der Waals surface area contributed by atoms with Gasteiger partial charge in [-0.2, -0.15) is 0 Å². The Labute approximate surface area is 166 Å². The van der Waals surface area contributed by atoms with Crippen LogP contribution in [0.25, 0.3) is 11.0 Å². The normalized spacial score (nSPS) is 10.8. The minimum Gasteiger partial charge on any atom is -0.453 e. The Morgan fingerprint density at radius 1 is 1.07 bits per heavy atom. The predicted octanol–water partition coefficient (Wildman–Crippen LogP) is 4.22. The van der Waals surface area contributed by atoms with E-state index in [-0.39, 0.29) is 18.2 Å². The Balaban J connectivity index is 1.35. The second-order valence-corrected chi connectivity index (χ2v) is 6.43. The Morgan fingerprint density at radius 3 is 2.76 bits per heavy atom. The predicted molar refractivity (Wildman–Crippen MR) is 109 cm³/mol. The molecule has 146 valence electrons. The van der Waals surface area contributed by atoms with Crippen LogP contribution in [0, 0.1) is 5.82 Å². The number of ether oxygens (including phenoxy) is 1. The fraction of sp³-hybridized carbons (Fsp3) is 0.0909. The van der Waals surface area contributed by atoms with E-state index in [4.69, 9.17) is 4.74 Å². The second-order valence-electron chi connectivity index (χ2n) is 6.43. The smallest absolute Gasteiger partial charge is 0.238 e. The van der Waals surface area contributed by atoms with E-state index < -0.39 is 5.82 Å². The molecule has 2 aromatic carbocycles. The molecule has 0 saturated heterocycles. The van der Waals surface area contributed by atoms with Crippen LogP contribution in [0.2, 0.25) is 0 Å². The van der Waals surface area contributed by atoms with Gasteiger partial charge in [0.05, 0.1) is 11.9 Å². The number of amides is 1. The molecular formula is C22H19FN4O2. The van der Waals surface area contributed by atoms with Gasteiger partial charge in [0.25, 0.3) is 0 Å². The number of benzene rings is 2. The van der Waals surface area contributed by atoms with Crippen molar-refractivity contribution in [3.8, 4) is 11.5 Å². The third-order valence-electron chi connectivity index (χ3n) is 4.31. The summed E-state index contributed by atoms with van der Waals surface area (Å²) in [4.78, 5) is 19.2. The van der Waals surface area contributed by atoms with Gasteiger partial charge in [-0.1, -0.05) is 30.3 Å². The van der Waals surface area contributed by atoms with Crippen LogP contribution < -0.4 is 15.4 Å². The molecule has 0 atom stereocenters. The first-order chi connectivity index (χ1) is 14.2. The number of hydrogen-bond acceptors (Lipinski definition) is 4. The lowest BCUT2D eigenvalue weighted by molar-refractivity contribution is -0.115. The molecule has 29 heavy (non-hydrogen) atoms. The lowest BCUT2D eigenvalue weighted by Gasteiger charge is -2.10. The summed E-state index contributed by atoms with van der Waals surface area (Å²) in [5, 5.41) is 6.49. The molecule has 0 radical (unpaired) electrons.